The Morgan fingerprint density at radius 2 is 2.00 bits per heavy atom. The molecular weight excluding hydrogens is 306 g/mol. The minimum absolute atomic E-state index is 0.000661. The molecular formula is C19H23NO2S. The van der Waals surface area contributed by atoms with Gasteiger partial charge < -0.3 is 15.5 Å². The highest BCUT2D eigenvalue weighted by Crippen LogP contribution is 2.46. The number of phenolic OH excluding ortho intramolecular Hbond substituents is 2. The van der Waals surface area contributed by atoms with Crippen molar-refractivity contribution in [2.24, 2.45) is 0 Å². The molecule has 0 radical (unpaired) electrons. The molecule has 3 nitrogen and oxygen atoms in total. The molecule has 3 N–H and O–H groups in total. The topological polar surface area (TPSA) is 52.5 Å². The van der Waals surface area contributed by atoms with Crippen molar-refractivity contribution in [3.8, 4) is 11.5 Å². The van der Waals surface area contributed by atoms with Crippen molar-refractivity contribution >= 4 is 11.3 Å². The summed E-state index contributed by atoms with van der Waals surface area (Å²) in [6, 6.07) is 6.34. The third kappa shape index (κ3) is 2.54. The summed E-state index contributed by atoms with van der Waals surface area (Å²) in [7, 11) is 0. The fraction of sp³-hybridized carbons (Fsp3) is 0.474. The Morgan fingerprint density at radius 1 is 1.17 bits per heavy atom. The van der Waals surface area contributed by atoms with Crippen LogP contribution in [0.1, 0.15) is 58.5 Å². The Morgan fingerprint density at radius 3 is 2.83 bits per heavy atom. The summed E-state index contributed by atoms with van der Waals surface area (Å²) >= 11 is 1.95. The van der Waals surface area contributed by atoms with Gasteiger partial charge in [-0.2, -0.15) is 0 Å². The molecule has 122 valence electrons. The zero-order valence-corrected chi connectivity index (χ0v) is 14.2. The molecule has 0 bridgehead atoms. The molecule has 0 unspecified atom stereocenters. The largest absolute Gasteiger partial charge is 0.504 e. The normalized spacial score (nSPS) is 22.3. The van der Waals surface area contributed by atoms with Crippen LogP contribution in [0.2, 0.25) is 0 Å². The molecule has 2 aliphatic rings. The highest BCUT2D eigenvalue weighted by Gasteiger charge is 2.36. The number of hydrogen-bond acceptors (Lipinski definition) is 4. The number of fused-ring (bicyclic) bond motifs is 5. The highest BCUT2D eigenvalue weighted by atomic mass is 32.1. The minimum Gasteiger partial charge on any atom is -0.504 e. The minimum atomic E-state index is -0.000661. The standard InChI is InChI=1S/C19H23NO2S/c1-2-3-4-13-7-12-10-20-15-6-5-11-8-16(21)17(22)9-14(11)18(15)19(12)23-13/h7-9,15,18,20-22H,2-6,10H2,1H3/t15-,18-/m0/s1. The van der Waals surface area contributed by atoms with Gasteiger partial charge in [0.2, 0.25) is 0 Å². The number of nitrogens with one attached hydrogen (secondary N) is 1. The van der Waals surface area contributed by atoms with Gasteiger partial charge in [-0.25, -0.2) is 0 Å². The number of aromatic hydroxyl groups is 2. The molecule has 1 aromatic carbocycles. The monoisotopic (exact) mass is 329 g/mol. The van der Waals surface area contributed by atoms with Crippen LogP contribution < -0.4 is 5.32 Å². The van der Waals surface area contributed by atoms with Gasteiger partial charge in [0.15, 0.2) is 11.5 Å². The predicted octanol–water partition coefficient (Wildman–Crippen LogP) is 4.05. The van der Waals surface area contributed by atoms with E-state index in [1.807, 2.05) is 11.3 Å². The molecule has 4 heteroatoms. The van der Waals surface area contributed by atoms with E-state index in [-0.39, 0.29) is 11.5 Å². The van der Waals surface area contributed by atoms with Crippen molar-refractivity contribution in [3.05, 3.63) is 44.6 Å². The van der Waals surface area contributed by atoms with Crippen molar-refractivity contribution in [3.63, 3.8) is 0 Å². The second-order valence-electron chi connectivity index (χ2n) is 6.75. The van der Waals surface area contributed by atoms with E-state index in [1.165, 1.54) is 45.7 Å². The smallest absolute Gasteiger partial charge is 0.157 e. The van der Waals surface area contributed by atoms with E-state index in [0.29, 0.717) is 12.0 Å². The molecule has 0 amide bonds. The molecule has 0 saturated carbocycles. The molecule has 2 heterocycles. The Hall–Kier alpha value is -1.52. The van der Waals surface area contributed by atoms with Gasteiger partial charge in [-0.3, -0.25) is 0 Å². The van der Waals surface area contributed by atoms with Crippen LogP contribution in [0.4, 0.5) is 0 Å². The van der Waals surface area contributed by atoms with E-state index in [0.717, 1.165) is 19.4 Å². The molecule has 0 fully saturated rings. The molecule has 0 spiro atoms. The molecule has 1 aromatic heterocycles. The van der Waals surface area contributed by atoms with Crippen LogP contribution >= 0.6 is 11.3 Å². The number of rotatable bonds is 3. The first-order valence-electron chi connectivity index (χ1n) is 8.57. The summed E-state index contributed by atoms with van der Waals surface area (Å²) in [6.07, 6.45) is 5.68. The SMILES string of the molecule is CCCCc1cc2c(s1)[C@H]1c3cc(O)c(O)cc3CC[C@@H]1NC2. The molecule has 23 heavy (non-hydrogen) atoms. The van der Waals surface area contributed by atoms with Crippen LogP contribution in [0, 0.1) is 0 Å². The van der Waals surface area contributed by atoms with E-state index in [9.17, 15) is 10.2 Å². The van der Waals surface area contributed by atoms with Gasteiger partial charge in [-0.1, -0.05) is 13.3 Å². The summed E-state index contributed by atoms with van der Waals surface area (Å²) in [5.74, 6) is 0.315. The van der Waals surface area contributed by atoms with E-state index >= 15 is 0 Å². The van der Waals surface area contributed by atoms with Crippen molar-refractivity contribution in [1.29, 1.82) is 0 Å². The summed E-state index contributed by atoms with van der Waals surface area (Å²) in [6.45, 7) is 3.19. The third-order valence-electron chi connectivity index (χ3n) is 5.21. The van der Waals surface area contributed by atoms with Gasteiger partial charge in [-0.15, -0.1) is 11.3 Å². The van der Waals surface area contributed by atoms with Gasteiger partial charge in [0.1, 0.15) is 0 Å². The summed E-state index contributed by atoms with van der Waals surface area (Å²) in [4.78, 5) is 2.94. The summed E-state index contributed by atoms with van der Waals surface area (Å²) in [5, 5.41) is 23.5. The molecule has 2 aromatic rings. The number of thiophene rings is 1. The highest BCUT2D eigenvalue weighted by molar-refractivity contribution is 7.12. The molecule has 2 atom stereocenters. The lowest BCUT2D eigenvalue weighted by Gasteiger charge is -2.38. The number of benzene rings is 1. The molecule has 1 aliphatic carbocycles. The maximum Gasteiger partial charge on any atom is 0.157 e. The quantitative estimate of drug-likeness (QED) is 0.745. The Bertz CT molecular complexity index is 737. The number of phenols is 2. The van der Waals surface area contributed by atoms with Crippen molar-refractivity contribution in [2.75, 3.05) is 0 Å². The van der Waals surface area contributed by atoms with Crippen molar-refractivity contribution in [1.82, 2.24) is 5.32 Å². The Kier molecular flexibility index (Phi) is 3.82. The lowest BCUT2D eigenvalue weighted by molar-refractivity contribution is 0.383. The number of aryl methyl sites for hydroxylation is 2. The maximum absolute atomic E-state index is 9.97. The fourth-order valence-electron chi connectivity index (χ4n) is 4.00. The van der Waals surface area contributed by atoms with Crippen LogP contribution in [0.25, 0.3) is 0 Å². The van der Waals surface area contributed by atoms with E-state index in [4.69, 9.17) is 0 Å². The first-order chi connectivity index (χ1) is 11.2. The lowest BCUT2D eigenvalue weighted by atomic mass is 9.75. The fourth-order valence-corrected chi connectivity index (χ4v) is 5.41. The Balaban J connectivity index is 1.77. The summed E-state index contributed by atoms with van der Waals surface area (Å²) in [5.41, 5.74) is 3.79. The number of hydrogen-bond donors (Lipinski definition) is 3. The molecule has 4 rings (SSSR count). The molecule has 0 saturated heterocycles. The number of unbranched alkanes of at least 4 members (excludes halogenated alkanes) is 1. The van der Waals surface area contributed by atoms with Gasteiger partial charge >= 0.3 is 0 Å². The maximum atomic E-state index is 9.97. The van der Waals surface area contributed by atoms with Crippen LogP contribution in [-0.4, -0.2) is 16.3 Å². The van der Waals surface area contributed by atoms with Crippen LogP contribution in [-0.2, 0) is 19.4 Å². The predicted molar refractivity (Wildman–Crippen MR) is 93.5 cm³/mol. The zero-order valence-electron chi connectivity index (χ0n) is 13.4. The van der Waals surface area contributed by atoms with E-state index < -0.39 is 0 Å². The van der Waals surface area contributed by atoms with E-state index in [2.05, 4.69) is 18.3 Å². The first-order valence-corrected chi connectivity index (χ1v) is 9.38. The van der Waals surface area contributed by atoms with E-state index in [1.54, 1.807) is 12.1 Å². The Labute approximate surface area is 141 Å². The second kappa shape index (κ2) is 5.84. The second-order valence-corrected chi connectivity index (χ2v) is 7.92. The van der Waals surface area contributed by atoms with Crippen LogP contribution in [0.5, 0.6) is 11.5 Å². The van der Waals surface area contributed by atoms with Gasteiger partial charge in [-0.05, 0) is 60.6 Å². The summed E-state index contributed by atoms with van der Waals surface area (Å²) < 4.78 is 0. The average Bonchev–Trinajstić information content (AvgIpc) is 2.96. The first kappa shape index (κ1) is 15.0. The molecule has 1 aliphatic heterocycles. The van der Waals surface area contributed by atoms with Crippen molar-refractivity contribution in [2.45, 2.75) is 57.5 Å². The third-order valence-corrected chi connectivity index (χ3v) is 6.53. The lowest BCUT2D eigenvalue weighted by Crippen LogP contribution is -2.41. The van der Waals surface area contributed by atoms with Crippen molar-refractivity contribution < 1.29 is 10.2 Å². The van der Waals surface area contributed by atoms with Gasteiger partial charge in [0.05, 0.1) is 0 Å². The zero-order chi connectivity index (χ0) is 16.0. The average molecular weight is 329 g/mol. The van der Waals surface area contributed by atoms with Gasteiger partial charge in [0.25, 0.3) is 0 Å². The van der Waals surface area contributed by atoms with Crippen LogP contribution in [0.3, 0.4) is 0 Å². The van der Waals surface area contributed by atoms with Gasteiger partial charge in [0, 0.05) is 28.3 Å². The van der Waals surface area contributed by atoms with Crippen LogP contribution in [0.15, 0.2) is 18.2 Å².